The molecule has 0 radical (unpaired) electrons. The fraction of sp³-hybridized carbons (Fsp3) is 0.867. The highest BCUT2D eigenvalue weighted by Gasteiger charge is 2.42. The van der Waals surface area contributed by atoms with Crippen LogP contribution in [0.4, 0.5) is 0 Å². The molecule has 0 aliphatic heterocycles. The number of carbonyl (C=O) groups is 1. The first-order chi connectivity index (χ1) is 10.0. The third kappa shape index (κ3) is 5.53. The van der Waals surface area contributed by atoms with Crippen molar-refractivity contribution in [3.05, 3.63) is 0 Å². The Kier molecular flexibility index (Phi) is 9.78. The number of carbonyl (C=O) groups excluding carboxylic acids is 1. The lowest BCUT2D eigenvalue weighted by molar-refractivity contribution is -0.129. The van der Waals surface area contributed by atoms with E-state index in [2.05, 4.69) is 17.4 Å². The second kappa shape index (κ2) is 10.4. The molecule has 21 heavy (non-hydrogen) atoms. The number of nitrogens with two attached hydrogens (primary N) is 1. The number of hydrogen-bond donors (Lipinski definition) is 3. The highest BCUT2D eigenvalue weighted by atomic mass is 16.5. The summed E-state index contributed by atoms with van der Waals surface area (Å²) in [5.74, 6) is -0.173. The van der Waals surface area contributed by atoms with Gasteiger partial charge in [0, 0.05) is 7.11 Å². The Bertz CT molecular complexity index is 320. The van der Waals surface area contributed by atoms with E-state index < -0.39 is 5.41 Å². The summed E-state index contributed by atoms with van der Waals surface area (Å²) >= 11 is 0. The van der Waals surface area contributed by atoms with Crippen LogP contribution in [0.15, 0.2) is 5.16 Å². The summed E-state index contributed by atoms with van der Waals surface area (Å²) in [6.45, 7) is 6.50. The first kappa shape index (κ1) is 19.7. The van der Waals surface area contributed by atoms with Crippen LogP contribution in [-0.4, -0.2) is 36.7 Å². The minimum Gasteiger partial charge on any atom is -0.409 e. The molecule has 6 heteroatoms. The maximum Gasteiger partial charge on any atom is 0.234 e. The van der Waals surface area contributed by atoms with Crippen molar-refractivity contribution in [3.63, 3.8) is 0 Å². The largest absolute Gasteiger partial charge is 0.409 e. The standard InChI is InChI=1S/C15H31N3O3/c1-5-8-12(11-21-4)17-14(19)15(9-6-2,10-7-3)13(16)18-20/h12,20H,5-11H2,1-4H3,(H2,16,18)(H,17,19). The molecule has 0 aliphatic carbocycles. The summed E-state index contributed by atoms with van der Waals surface area (Å²) < 4.78 is 5.15. The third-order valence-corrected chi connectivity index (χ3v) is 3.73. The van der Waals surface area contributed by atoms with Gasteiger partial charge in [-0.1, -0.05) is 45.2 Å². The van der Waals surface area contributed by atoms with E-state index in [0.717, 1.165) is 25.7 Å². The van der Waals surface area contributed by atoms with E-state index in [1.807, 2.05) is 13.8 Å². The topological polar surface area (TPSA) is 96.9 Å². The monoisotopic (exact) mass is 301 g/mol. The Morgan fingerprint density at radius 1 is 1.29 bits per heavy atom. The first-order valence-corrected chi connectivity index (χ1v) is 7.80. The predicted octanol–water partition coefficient (Wildman–Crippen LogP) is 2.25. The molecule has 0 saturated heterocycles. The van der Waals surface area contributed by atoms with Gasteiger partial charge in [-0.2, -0.15) is 0 Å². The van der Waals surface area contributed by atoms with Crippen molar-refractivity contribution in [1.82, 2.24) is 5.32 Å². The lowest BCUT2D eigenvalue weighted by Gasteiger charge is -2.32. The van der Waals surface area contributed by atoms with Gasteiger partial charge in [0.1, 0.15) is 5.41 Å². The van der Waals surface area contributed by atoms with Crippen LogP contribution in [0.5, 0.6) is 0 Å². The molecule has 0 heterocycles. The minimum absolute atomic E-state index is 0.00337. The van der Waals surface area contributed by atoms with Crippen molar-refractivity contribution in [1.29, 1.82) is 0 Å². The van der Waals surface area contributed by atoms with Crippen LogP contribution in [0.25, 0.3) is 0 Å². The lowest BCUT2D eigenvalue weighted by atomic mass is 9.77. The predicted molar refractivity (Wildman–Crippen MR) is 84.4 cm³/mol. The molecule has 0 aromatic rings. The number of rotatable bonds is 11. The van der Waals surface area contributed by atoms with Gasteiger partial charge in [-0.15, -0.1) is 0 Å². The molecular weight excluding hydrogens is 270 g/mol. The number of methoxy groups -OCH3 is 1. The van der Waals surface area contributed by atoms with Crippen LogP contribution >= 0.6 is 0 Å². The molecule has 1 unspecified atom stereocenters. The van der Waals surface area contributed by atoms with Gasteiger partial charge in [0.2, 0.25) is 5.91 Å². The SMILES string of the molecule is CCCC(COC)NC(=O)C(CCC)(CCC)C(N)=NO. The smallest absolute Gasteiger partial charge is 0.234 e. The number of amidine groups is 1. The summed E-state index contributed by atoms with van der Waals surface area (Å²) in [4.78, 5) is 12.8. The van der Waals surface area contributed by atoms with Gasteiger partial charge in [0.25, 0.3) is 0 Å². The van der Waals surface area contributed by atoms with Gasteiger partial charge in [-0.05, 0) is 19.3 Å². The maximum atomic E-state index is 12.8. The summed E-state index contributed by atoms with van der Waals surface area (Å²) in [5.41, 5.74) is 4.92. The van der Waals surface area contributed by atoms with Crippen LogP contribution in [-0.2, 0) is 9.53 Å². The zero-order valence-corrected chi connectivity index (χ0v) is 13.8. The number of nitrogens with zero attached hydrogens (tertiary/aromatic N) is 1. The molecule has 0 aromatic carbocycles. The zero-order chi connectivity index (χ0) is 16.3. The van der Waals surface area contributed by atoms with E-state index in [0.29, 0.717) is 19.4 Å². The number of ether oxygens (including phenoxy) is 1. The average molecular weight is 301 g/mol. The van der Waals surface area contributed by atoms with Crippen molar-refractivity contribution in [2.75, 3.05) is 13.7 Å². The van der Waals surface area contributed by atoms with Gasteiger partial charge in [-0.3, -0.25) is 4.79 Å². The summed E-state index contributed by atoms with van der Waals surface area (Å²) in [6.07, 6.45) is 4.48. The number of nitrogens with one attached hydrogen (secondary N) is 1. The van der Waals surface area contributed by atoms with Crippen LogP contribution in [0.2, 0.25) is 0 Å². The van der Waals surface area contributed by atoms with Crippen molar-refractivity contribution >= 4 is 11.7 Å². The quantitative estimate of drug-likeness (QED) is 0.236. The van der Waals surface area contributed by atoms with Gasteiger partial charge in [0.15, 0.2) is 5.84 Å². The van der Waals surface area contributed by atoms with Crippen LogP contribution in [0.1, 0.15) is 59.3 Å². The molecule has 4 N–H and O–H groups in total. The van der Waals surface area contributed by atoms with E-state index in [1.165, 1.54) is 0 Å². The van der Waals surface area contributed by atoms with Crippen molar-refractivity contribution in [2.24, 2.45) is 16.3 Å². The van der Waals surface area contributed by atoms with Gasteiger partial charge < -0.3 is 21.0 Å². The molecule has 1 atom stereocenters. The van der Waals surface area contributed by atoms with E-state index in [4.69, 9.17) is 15.7 Å². The maximum absolute atomic E-state index is 12.8. The molecule has 0 bridgehead atoms. The summed E-state index contributed by atoms with van der Waals surface area (Å²) in [5, 5.41) is 15.2. The molecule has 0 spiro atoms. The highest BCUT2D eigenvalue weighted by molar-refractivity contribution is 6.06. The van der Waals surface area contributed by atoms with Crippen LogP contribution in [0, 0.1) is 5.41 Å². The third-order valence-electron chi connectivity index (χ3n) is 3.73. The lowest BCUT2D eigenvalue weighted by Crippen LogP contribution is -2.53. The molecule has 0 fully saturated rings. The highest BCUT2D eigenvalue weighted by Crippen LogP contribution is 2.31. The fourth-order valence-corrected chi connectivity index (χ4v) is 2.74. The summed E-state index contributed by atoms with van der Waals surface area (Å²) in [7, 11) is 1.61. The molecule has 0 rings (SSSR count). The van der Waals surface area contributed by atoms with E-state index in [-0.39, 0.29) is 17.8 Å². The molecule has 1 amide bonds. The fourth-order valence-electron chi connectivity index (χ4n) is 2.74. The first-order valence-electron chi connectivity index (χ1n) is 7.80. The number of oxime groups is 1. The van der Waals surface area contributed by atoms with E-state index in [1.54, 1.807) is 7.11 Å². The Balaban J connectivity index is 5.24. The van der Waals surface area contributed by atoms with Crippen molar-refractivity contribution < 1.29 is 14.7 Å². The van der Waals surface area contributed by atoms with Crippen LogP contribution < -0.4 is 11.1 Å². The Labute approximate surface area is 128 Å². The second-order valence-corrected chi connectivity index (χ2v) is 5.48. The van der Waals surface area contributed by atoms with E-state index in [9.17, 15) is 4.79 Å². The Morgan fingerprint density at radius 3 is 2.24 bits per heavy atom. The molecule has 124 valence electrons. The Hall–Kier alpha value is -1.30. The van der Waals surface area contributed by atoms with Gasteiger partial charge in [0.05, 0.1) is 12.6 Å². The average Bonchev–Trinajstić information content (AvgIpc) is 2.46. The number of amides is 1. The zero-order valence-electron chi connectivity index (χ0n) is 13.8. The van der Waals surface area contributed by atoms with E-state index >= 15 is 0 Å². The second-order valence-electron chi connectivity index (χ2n) is 5.48. The van der Waals surface area contributed by atoms with Crippen LogP contribution in [0.3, 0.4) is 0 Å². The van der Waals surface area contributed by atoms with Gasteiger partial charge in [-0.25, -0.2) is 0 Å². The molecule has 0 saturated carbocycles. The number of hydrogen-bond acceptors (Lipinski definition) is 4. The Morgan fingerprint density at radius 2 is 1.86 bits per heavy atom. The minimum atomic E-state index is -0.933. The van der Waals surface area contributed by atoms with Crippen molar-refractivity contribution in [2.45, 2.75) is 65.3 Å². The molecule has 6 nitrogen and oxygen atoms in total. The van der Waals surface area contributed by atoms with Crippen molar-refractivity contribution in [3.8, 4) is 0 Å². The molecule has 0 aromatic heterocycles. The molecule has 0 aliphatic rings. The summed E-state index contributed by atoms with van der Waals surface area (Å²) in [6, 6.07) is -0.0490. The molecular formula is C15H31N3O3. The normalized spacial score (nSPS) is 14.0. The van der Waals surface area contributed by atoms with Gasteiger partial charge >= 0.3 is 0 Å².